The quantitative estimate of drug-likeness (QED) is 0.877. The lowest BCUT2D eigenvalue weighted by atomic mass is 10.2. The van der Waals surface area contributed by atoms with Crippen molar-refractivity contribution in [1.82, 2.24) is 14.9 Å². The molecule has 2 rings (SSSR count). The molecule has 1 aromatic heterocycles. The van der Waals surface area contributed by atoms with Gasteiger partial charge in [0.25, 0.3) is 0 Å². The van der Waals surface area contributed by atoms with Crippen LogP contribution in [0.15, 0.2) is 12.3 Å². The van der Waals surface area contributed by atoms with Gasteiger partial charge in [-0.15, -0.1) is 0 Å². The molecule has 4 nitrogen and oxygen atoms in total. The fourth-order valence-electron chi connectivity index (χ4n) is 2.64. The number of aryl methyl sites for hydroxylation is 1. The molecule has 1 aliphatic rings. The molecule has 118 valence electrons. The van der Waals surface area contributed by atoms with Gasteiger partial charge in [0.1, 0.15) is 0 Å². The van der Waals surface area contributed by atoms with Gasteiger partial charge < -0.3 is 5.32 Å². The first-order valence-corrected chi connectivity index (χ1v) is 7.34. The molecule has 2 heterocycles. The molecule has 0 unspecified atom stereocenters. The lowest BCUT2D eigenvalue weighted by Crippen LogP contribution is -2.34. The average molecular weight is 302 g/mol. The molecule has 1 fully saturated rings. The molecule has 0 aliphatic carbocycles. The van der Waals surface area contributed by atoms with E-state index in [1.54, 1.807) is 0 Å². The number of aromatic nitrogens is 2. The topological polar surface area (TPSA) is 41.0 Å². The number of nitrogens with one attached hydrogen (secondary N) is 1. The van der Waals surface area contributed by atoms with Crippen LogP contribution < -0.4 is 5.32 Å². The number of alkyl halides is 3. The number of likely N-dealkylation sites (N-methyl/N-ethyl adjacent to an activating group) is 1. The Labute approximate surface area is 122 Å². The summed E-state index contributed by atoms with van der Waals surface area (Å²) in [6, 6.07) is 1.99. The maximum Gasteiger partial charge on any atom is 0.389 e. The third kappa shape index (κ3) is 5.15. The average Bonchev–Trinajstić information content (AvgIpc) is 2.90. The number of anilines is 1. The van der Waals surface area contributed by atoms with Crippen LogP contribution in [0.1, 0.15) is 31.9 Å². The summed E-state index contributed by atoms with van der Waals surface area (Å²) in [5, 5.41) is 3.14. The van der Waals surface area contributed by atoms with Crippen LogP contribution in [0.5, 0.6) is 0 Å². The van der Waals surface area contributed by atoms with Gasteiger partial charge in [0.2, 0.25) is 5.95 Å². The minimum Gasteiger partial charge on any atom is -0.353 e. The molecule has 7 heteroatoms. The highest BCUT2D eigenvalue weighted by atomic mass is 19.4. The van der Waals surface area contributed by atoms with Crippen LogP contribution in [0.4, 0.5) is 19.1 Å². The third-order valence-corrected chi connectivity index (χ3v) is 3.78. The van der Waals surface area contributed by atoms with Crippen LogP contribution in [0.2, 0.25) is 0 Å². The molecule has 0 bridgehead atoms. The largest absolute Gasteiger partial charge is 0.389 e. The minimum atomic E-state index is -4.15. The molecule has 1 atom stereocenters. The SMILES string of the molecule is CCN1CCC[C@@H]1CNc1nccc(CCC(F)(F)F)n1. The summed E-state index contributed by atoms with van der Waals surface area (Å²) in [5.41, 5.74) is 0.420. The lowest BCUT2D eigenvalue weighted by molar-refractivity contribution is -0.134. The highest BCUT2D eigenvalue weighted by molar-refractivity contribution is 5.25. The van der Waals surface area contributed by atoms with Gasteiger partial charge in [-0.2, -0.15) is 13.2 Å². The van der Waals surface area contributed by atoms with Gasteiger partial charge >= 0.3 is 6.18 Å². The van der Waals surface area contributed by atoms with E-state index in [0.717, 1.165) is 26.1 Å². The van der Waals surface area contributed by atoms with Gasteiger partial charge in [0.05, 0.1) is 0 Å². The van der Waals surface area contributed by atoms with Crippen molar-refractivity contribution < 1.29 is 13.2 Å². The maximum absolute atomic E-state index is 12.2. The molecule has 21 heavy (non-hydrogen) atoms. The number of rotatable bonds is 6. The fourth-order valence-corrected chi connectivity index (χ4v) is 2.64. The van der Waals surface area contributed by atoms with Crippen molar-refractivity contribution in [2.24, 2.45) is 0 Å². The van der Waals surface area contributed by atoms with E-state index in [1.807, 2.05) is 0 Å². The van der Waals surface area contributed by atoms with E-state index in [4.69, 9.17) is 0 Å². The molecule has 0 spiro atoms. The number of nitrogens with zero attached hydrogens (tertiary/aromatic N) is 3. The molecule has 1 aromatic rings. The van der Waals surface area contributed by atoms with E-state index >= 15 is 0 Å². The molecule has 0 saturated carbocycles. The Morgan fingerprint density at radius 1 is 1.43 bits per heavy atom. The molecule has 0 aromatic carbocycles. The summed E-state index contributed by atoms with van der Waals surface area (Å²) in [7, 11) is 0. The molecule has 1 saturated heterocycles. The lowest BCUT2D eigenvalue weighted by Gasteiger charge is -2.22. The van der Waals surface area contributed by atoms with Crippen LogP contribution in [0, 0.1) is 0 Å². The van der Waals surface area contributed by atoms with Crippen LogP contribution in [0.3, 0.4) is 0 Å². The fraction of sp³-hybridized carbons (Fsp3) is 0.714. The predicted octanol–water partition coefficient (Wildman–Crippen LogP) is 2.87. The van der Waals surface area contributed by atoms with E-state index in [9.17, 15) is 13.2 Å². The van der Waals surface area contributed by atoms with Crippen LogP contribution in [0.25, 0.3) is 0 Å². The first-order valence-electron chi connectivity index (χ1n) is 7.34. The Balaban J connectivity index is 1.86. The summed E-state index contributed by atoms with van der Waals surface area (Å²) < 4.78 is 36.6. The van der Waals surface area contributed by atoms with E-state index in [2.05, 4.69) is 27.1 Å². The summed E-state index contributed by atoms with van der Waals surface area (Å²) in [4.78, 5) is 10.6. The minimum absolute atomic E-state index is 0.106. The van der Waals surface area contributed by atoms with Gasteiger partial charge in [0.15, 0.2) is 0 Å². The monoisotopic (exact) mass is 302 g/mol. The first-order chi connectivity index (χ1) is 9.98. The normalized spacial score (nSPS) is 19.9. The van der Waals surface area contributed by atoms with Crippen LogP contribution in [-0.4, -0.2) is 46.7 Å². The Bertz CT molecular complexity index is 450. The van der Waals surface area contributed by atoms with Gasteiger partial charge in [-0.1, -0.05) is 6.92 Å². The summed E-state index contributed by atoms with van der Waals surface area (Å²) in [6.45, 7) is 4.98. The summed E-state index contributed by atoms with van der Waals surface area (Å²) >= 11 is 0. The molecule has 1 N–H and O–H groups in total. The zero-order chi connectivity index (χ0) is 15.3. The second kappa shape index (κ2) is 7.06. The Morgan fingerprint density at radius 2 is 2.24 bits per heavy atom. The van der Waals surface area contributed by atoms with Crippen molar-refractivity contribution in [1.29, 1.82) is 0 Å². The van der Waals surface area contributed by atoms with Gasteiger partial charge in [-0.25, -0.2) is 9.97 Å². The molecular weight excluding hydrogens is 281 g/mol. The Morgan fingerprint density at radius 3 is 2.95 bits per heavy atom. The highest BCUT2D eigenvalue weighted by Crippen LogP contribution is 2.21. The summed E-state index contributed by atoms with van der Waals surface area (Å²) in [5.74, 6) is 0.414. The number of hydrogen-bond acceptors (Lipinski definition) is 4. The van der Waals surface area contributed by atoms with Crippen molar-refractivity contribution in [2.45, 2.75) is 44.8 Å². The van der Waals surface area contributed by atoms with E-state index in [-0.39, 0.29) is 6.42 Å². The standard InChI is InChI=1S/C14H21F3N4/c1-2-21-9-3-4-12(21)10-19-13-18-8-6-11(20-13)5-7-14(15,16)17/h6,8,12H,2-5,7,9-10H2,1H3,(H,18,19,20)/t12-/m1/s1. The van der Waals surface area contributed by atoms with Crippen LogP contribution in [-0.2, 0) is 6.42 Å². The third-order valence-electron chi connectivity index (χ3n) is 3.78. The Kier molecular flexibility index (Phi) is 5.39. The second-order valence-electron chi connectivity index (χ2n) is 5.29. The second-order valence-corrected chi connectivity index (χ2v) is 5.29. The molecule has 1 aliphatic heterocycles. The molecule has 0 radical (unpaired) electrons. The van der Waals surface area contributed by atoms with Crippen molar-refractivity contribution in [3.05, 3.63) is 18.0 Å². The molecular formula is C14H21F3N4. The van der Waals surface area contributed by atoms with Crippen molar-refractivity contribution in [2.75, 3.05) is 25.0 Å². The number of halogens is 3. The molecule has 0 amide bonds. The van der Waals surface area contributed by atoms with Gasteiger partial charge in [-0.3, -0.25) is 4.90 Å². The van der Waals surface area contributed by atoms with Crippen molar-refractivity contribution in [3.63, 3.8) is 0 Å². The van der Waals surface area contributed by atoms with Gasteiger partial charge in [-0.05, 0) is 38.4 Å². The van der Waals surface area contributed by atoms with Crippen LogP contribution >= 0.6 is 0 Å². The van der Waals surface area contributed by atoms with Crippen molar-refractivity contribution in [3.8, 4) is 0 Å². The Hall–Kier alpha value is -1.37. The number of likely N-dealkylation sites (tertiary alicyclic amines) is 1. The predicted molar refractivity (Wildman–Crippen MR) is 75.2 cm³/mol. The first kappa shape index (κ1) is 16.0. The zero-order valence-corrected chi connectivity index (χ0v) is 12.2. The van der Waals surface area contributed by atoms with Crippen molar-refractivity contribution >= 4 is 5.95 Å². The van der Waals surface area contributed by atoms with E-state index in [1.165, 1.54) is 18.7 Å². The smallest absolute Gasteiger partial charge is 0.353 e. The van der Waals surface area contributed by atoms with E-state index in [0.29, 0.717) is 17.7 Å². The highest BCUT2D eigenvalue weighted by Gasteiger charge is 2.27. The number of hydrogen-bond donors (Lipinski definition) is 1. The van der Waals surface area contributed by atoms with E-state index < -0.39 is 12.6 Å². The maximum atomic E-state index is 12.2. The zero-order valence-electron chi connectivity index (χ0n) is 12.2. The summed E-state index contributed by atoms with van der Waals surface area (Å²) in [6.07, 6.45) is -1.28. The van der Waals surface area contributed by atoms with Gasteiger partial charge in [0, 0.05) is 30.9 Å².